The van der Waals surface area contributed by atoms with Crippen LogP contribution in [0.25, 0.3) is 0 Å². The number of ether oxygens (including phenoxy) is 2. The van der Waals surface area contributed by atoms with Crippen molar-refractivity contribution in [2.45, 2.75) is 33.0 Å². The average Bonchev–Trinajstić information content (AvgIpc) is 3.23. The Morgan fingerprint density at radius 1 is 1.07 bits per heavy atom. The van der Waals surface area contributed by atoms with E-state index in [1.807, 2.05) is 56.3 Å². The van der Waals surface area contributed by atoms with Gasteiger partial charge < -0.3 is 19.0 Å². The molecule has 0 bridgehead atoms. The Labute approximate surface area is 182 Å². The molecule has 0 aliphatic rings. The van der Waals surface area contributed by atoms with Crippen LogP contribution in [0.5, 0.6) is 11.5 Å². The third-order valence-electron chi connectivity index (χ3n) is 4.67. The molecule has 30 heavy (non-hydrogen) atoms. The maximum absolute atomic E-state index is 10.6. The predicted molar refractivity (Wildman–Crippen MR) is 118 cm³/mol. The summed E-state index contributed by atoms with van der Waals surface area (Å²) in [5.74, 6) is 2.38. The molecule has 0 fully saturated rings. The largest absolute Gasteiger partial charge is 0.494 e. The van der Waals surface area contributed by atoms with Crippen LogP contribution in [-0.4, -0.2) is 35.9 Å². The van der Waals surface area contributed by atoms with Gasteiger partial charge in [0.05, 0.1) is 19.4 Å². The lowest BCUT2D eigenvalue weighted by atomic mass is 10.1. The van der Waals surface area contributed by atoms with Gasteiger partial charge in [0.2, 0.25) is 0 Å². The number of aryl methyl sites for hydroxylation is 1. The summed E-state index contributed by atoms with van der Waals surface area (Å²) in [4.78, 5) is 2.12. The van der Waals surface area contributed by atoms with Gasteiger partial charge in [-0.1, -0.05) is 29.8 Å². The fourth-order valence-corrected chi connectivity index (χ4v) is 3.35. The van der Waals surface area contributed by atoms with Crippen LogP contribution in [0.2, 0.25) is 5.02 Å². The van der Waals surface area contributed by atoms with Crippen molar-refractivity contribution in [3.63, 3.8) is 0 Å². The van der Waals surface area contributed by atoms with Crippen molar-refractivity contribution in [2.75, 3.05) is 19.8 Å². The molecule has 160 valence electrons. The lowest BCUT2D eigenvalue weighted by molar-refractivity contribution is 0.0601. The lowest BCUT2D eigenvalue weighted by Crippen LogP contribution is -2.35. The third-order valence-corrected chi connectivity index (χ3v) is 5.09. The number of hydrogen-bond donors (Lipinski definition) is 1. The highest BCUT2D eigenvalue weighted by molar-refractivity contribution is 6.31. The van der Waals surface area contributed by atoms with Gasteiger partial charge in [0, 0.05) is 23.7 Å². The first-order chi connectivity index (χ1) is 14.5. The van der Waals surface area contributed by atoms with Gasteiger partial charge in [-0.15, -0.1) is 0 Å². The average molecular weight is 430 g/mol. The van der Waals surface area contributed by atoms with Gasteiger partial charge in [0.25, 0.3) is 0 Å². The molecule has 0 radical (unpaired) electrons. The smallest absolute Gasteiger partial charge is 0.123 e. The van der Waals surface area contributed by atoms with Crippen molar-refractivity contribution in [1.29, 1.82) is 0 Å². The van der Waals surface area contributed by atoms with Crippen molar-refractivity contribution < 1.29 is 19.0 Å². The minimum atomic E-state index is -0.671. The molecular weight excluding hydrogens is 402 g/mol. The molecule has 2 aromatic carbocycles. The van der Waals surface area contributed by atoms with Crippen LogP contribution in [0.1, 0.15) is 23.8 Å². The Balaban J connectivity index is 1.65. The second-order valence-corrected chi connectivity index (χ2v) is 7.57. The number of rotatable bonds is 11. The number of hydrogen-bond acceptors (Lipinski definition) is 5. The molecule has 1 unspecified atom stereocenters. The van der Waals surface area contributed by atoms with E-state index in [1.54, 1.807) is 18.4 Å². The molecule has 0 amide bonds. The highest BCUT2D eigenvalue weighted by Gasteiger charge is 2.17. The fourth-order valence-electron chi connectivity index (χ4n) is 3.23. The molecular formula is C24H28ClNO4. The summed E-state index contributed by atoms with van der Waals surface area (Å²) in [5.41, 5.74) is 2.00. The maximum Gasteiger partial charge on any atom is 0.123 e. The summed E-state index contributed by atoms with van der Waals surface area (Å²) in [6.07, 6.45) is 0.986. The molecule has 0 saturated carbocycles. The molecule has 1 N–H and O–H groups in total. The van der Waals surface area contributed by atoms with Crippen molar-refractivity contribution >= 4 is 11.6 Å². The molecule has 1 heterocycles. The second kappa shape index (κ2) is 11.1. The predicted octanol–water partition coefficient (Wildman–Crippen LogP) is 5.08. The number of halogens is 1. The quantitative estimate of drug-likeness (QED) is 0.460. The van der Waals surface area contributed by atoms with Gasteiger partial charge >= 0.3 is 0 Å². The first kappa shape index (κ1) is 22.2. The van der Waals surface area contributed by atoms with E-state index in [4.69, 9.17) is 25.5 Å². The van der Waals surface area contributed by atoms with Gasteiger partial charge in [-0.2, -0.15) is 0 Å². The monoisotopic (exact) mass is 429 g/mol. The highest BCUT2D eigenvalue weighted by atomic mass is 35.5. The summed E-state index contributed by atoms with van der Waals surface area (Å²) in [6, 6.07) is 17.2. The zero-order valence-electron chi connectivity index (χ0n) is 17.4. The standard InChI is InChI=1S/C24H28ClNO4/c1-3-28-24-9-5-4-7-19(24)14-26(16-22-8-6-12-29-22)15-20(27)17-30-21-10-11-23(25)18(2)13-21/h4-13,20,27H,3,14-17H2,1-2H3. The first-order valence-electron chi connectivity index (χ1n) is 10.1. The van der Waals surface area contributed by atoms with Crippen molar-refractivity contribution in [2.24, 2.45) is 0 Å². The van der Waals surface area contributed by atoms with E-state index in [2.05, 4.69) is 4.90 Å². The summed E-state index contributed by atoms with van der Waals surface area (Å²) in [5, 5.41) is 11.3. The lowest BCUT2D eigenvalue weighted by Gasteiger charge is -2.25. The van der Waals surface area contributed by atoms with E-state index in [-0.39, 0.29) is 6.61 Å². The molecule has 6 heteroatoms. The molecule has 3 rings (SSSR count). The normalized spacial score (nSPS) is 12.2. The van der Waals surface area contributed by atoms with Crippen LogP contribution >= 0.6 is 11.6 Å². The van der Waals surface area contributed by atoms with E-state index < -0.39 is 6.10 Å². The van der Waals surface area contributed by atoms with E-state index in [1.165, 1.54) is 0 Å². The van der Waals surface area contributed by atoms with Crippen LogP contribution < -0.4 is 9.47 Å². The van der Waals surface area contributed by atoms with Crippen molar-refractivity contribution in [1.82, 2.24) is 4.90 Å². The van der Waals surface area contributed by atoms with Gasteiger partial charge in [0.1, 0.15) is 30.0 Å². The van der Waals surface area contributed by atoms with Gasteiger partial charge in [0.15, 0.2) is 0 Å². The Kier molecular flexibility index (Phi) is 8.20. The number of aliphatic hydroxyl groups excluding tert-OH is 1. The zero-order chi connectivity index (χ0) is 21.3. The molecule has 1 atom stereocenters. The minimum absolute atomic E-state index is 0.183. The SMILES string of the molecule is CCOc1ccccc1CN(Cc1ccco1)CC(O)COc1ccc(Cl)c(C)c1. The topological polar surface area (TPSA) is 55.1 Å². The van der Waals surface area contributed by atoms with Crippen LogP contribution in [-0.2, 0) is 13.1 Å². The molecule has 5 nitrogen and oxygen atoms in total. The minimum Gasteiger partial charge on any atom is -0.494 e. The van der Waals surface area contributed by atoms with E-state index in [0.717, 1.165) is 22.6 Å². The van der Waals surface area contributed by atoms with E-state index in [0.29, 0.717) is 37.0 Å². The molecule has 1 aromatic heterocycles. The fraction of sp³-hybridized carbons (Fsp3) is 0.333. The Bertz CT molecular complexity index is 913. The number of furan rings is 1. The van der Waals surface area contributed by atoms with Crippen LogP contribution in [0.15, 0.2) is 65.3 Å². The Morgan fingerprint density at radius 3 is 2.63 bits per heavy atom. The number of aliphatic hydroxyl groups is 1. The van der Waals surface area contributed by atoms with Crippen molar-refractivity contribution in [3.05, 3.63) is 82.8 Å². The van der Waals surface area contributed by atoms with E-state index >= 15 is 0 Å². The Hall–Kier alpha value is -2.47. The summed E-state index contributed by atoms with van der Waals surface area (Å²) in [7, 11) is 0. The van der Waals surface area contributed by atoms with Crippen LogP contribution in [0, 0.1) is 6.92 Å². The molecule has 3 aromatic rings. The van der Waals surface area contributed by atoms with Gasteiger partial charge in [-0.25, -0.2) is 0 Å². The third kappa shape index (κ3) is 6.52. The summed E-state index contributed by atoms with van der Waals surface area (Å²) < 4.78 is 17.0. The number of benzene rings is 2. The maximum atomic E-state index is 10.6. The molecule has 0 saturated heterocycles. The molecule has 0 aliphatic carbocycles. The van der Waals surface area contributed by atoms with E-state index in [9.17, 15) is 5.11 Å². The second-order valence-electron chi connectivity index (χ2n) is 7.17. The molecule has 0 spiro atoms. The van der Waals surface area contributed by atoms with Crippen molar-refractivity contribution in [3.8, 4) is 11.5 Å². The zero-order valence-corrected chi connectivity index (χ0v) is 18.1. The Morgan fingerprint density at radius 2 is 1.90 bits per heavy atom. The van der Waals surface area contributed by atoms with Crippen LogP contribution in [0.3, 0.4) is 0 Å². The molecule has 0 aliphatic heterocycles. The van der Waals surface area contributed by atoms with Gasteiger partial charge in [-0.05, 0) is 55.8 Å². The number of nitrogens with zero attached hydrogens (tertiary/aromatic N) is 1. The van der Waals surface area contributed by atoms with Gasteiger partial charge in [-0.3, -0.25) is 4.90 Å². The summed E-state index contributed by atoms with van der Waals surface area (Å²) in [6.45, 7) is 6.30. The first-order valence-corrected chi connectivity index (χ1v) is 10.5. The number of para-hydroxylation sites is 1. The van der Waals surface area contributed by atoms with Crippen LogP contribution in [0.4, 0.5) is 0 Å². The highest BCUT2D eigenvalue weighted by Crippen LogP contribution is 2.23. The summed E-state index contributed by atoms with van der Waals surface area (Å²) >= 11 is 6.06.